The van der Waals surface area contributed by atoms with E-state index in [1.54, 1.807) is 17.0 Å². The van der Waals surface area contributed by atoms with Gasteiger partial charge in [0.05, 0.1) is 0 Å². The van der Waals surface area contributed by atoms with Gasteiger partial charge >= 0.3 is 11.5 Å². The molecule has 1 aromatic rings. The molecule has 0 saturated carbocycles. The number of aliphatic imine (C=N–C) groups is 1. The van der Waals surface area contributed by atoms with E-state index in [4.69, 9.17) is 10.7 Å². The first-order valence-corrected chi connectivity index (χ1v) is 12.9. The number of allylic oxidation sites excluding steroid dienone is 1. The molecule has 0 spiro atoms. The van der Waals surface area contributed by atoms with Crippen LogP contribution >= 0.6 is 11.8 Å². The van der Waals surface area contributed by atoms with Crippen LogP contribution in [0, 0.1) is 5.92 Å². The second kappa shape index (κ2) is 10.7. The van der Waals surface area contributed by atoms with Crippen LogP contribution in [0.4, 0.5) is 18.0 Å². The maximum absolute atomic E-state index is 13.3. The quantitative estimate of drug-likeness (QED) is 0.589. The predicted molar refractivity (Wildman–Crippen MR) is 132 cm³/mol. The fourth-order valence-electron chi connectivity index (χ4n) is 4.96. The molecule has 2 aliphatic heterocycles. The van der Waals surface area contributed by atoms with Crippen LogP contribution < -0.4 is 11.1 Å². The maximum Gasteiger partial charge on any atom is 0.446 e. The number of amides is 2. The monoisotopic (exact) mass is 510 g/mol. The first-order chi connectivity index (χ1) is 16.6. The van der Waals surface area contributed by atoms with Crippen molar-refractivity contribution < 1.29 is 18.0 Å². The smallest absolute Gasteiger partial charge is 0.367 e. The van der Waals surface area contributed by atoms with Gasteiger partial charge in [-0.25, -0.2) is 9.79 Å². The Hall–Kier alpha value is -2.40. The van der Waals surface area contributed by atoms with E-state index in [0.29, 0.717) is 51.7 Å². The van der Waals surface area contributed by atoms with Crippen LogP contribution in [0.5, 0.6) is 0 Å². The number of hydrogen-bond donors (Lipinski definition) is 2. The van der Waals surface area contributed by atoms with Gasteiger partial charge in [0.1, 0.15) is 12.0 Å². The van der Waals surface area contributed by atoms with Crippen LogP contribution in [0.25, 0.3) is 0 Å². The molecule has 2 atom stereocenters. The summed E-state index contributed by atoms with van der Waals surface area (Å²) in [6.45, 7) is 7.88. The lowest BCUT2D eigenvalue weighted by atomic mass is 10.0. The molecule has 1 fully saturated rings. The molecule has 2 heterocycles. The third-order valence-corrected chi connectivity index (χ3v) is 7.37. The van der Waals surface area contributed by atoms with E-state index in [-0.39, 0.29) is 28.9 Å². The number of hydrogen-bond acceptors (Lipinski definition) is 6. The first-order valence-electron chi connectivity index (χ1n) is 12.1. The Kier molecular flexibility index (Phi) is 7.85. The summed E-state index contributed by atoms with van der Waals surface area (Å²) in [4.78, 5) is 24.1. The van der Waals surface area contributed by atoms with E-state index < -0.39 is 5.51 Å². The molecule has 35 heavy (non-hydrogen) atoms. The number of alkyl halides is 3. The fourth-order valence-corrected chi connectivity index (χ4v) is 5.50. The van der Waals surface area contributed by atoms with Gasteiger partial charge in [0.2, 0.25) is 0 Å². The molecule has 7 nitrogen and oxygen atoms in total. The third-order valence-electron chi connectivity index (χ3n) is 6.63. The molecular weight excluding hydrogens is 477 g/mol. The van der Waals surface area contributed by atoms with Crippen molar-refractivity contribution >= 4 is 23.6 Å². The van der Waals surface area contributed by atoms with Gasteiger partial charge in [0.25, 0.3) is 0 Å². The number of thioether (sulfide) groups is 1. The SMILES string of the molecule is CC1N=C(N2CCN(C(=O)N(CCN)Cc3ccc(SC(F)(F)F)cc3)CC2)C2=C(CC[C@H]2C)N1. The third kappa shape index (κ3) is 6.24. The Morgan fingerprint density at radius 2 is 1.89 bits per heavy atom. The van der Waals surface area contributed by atoms with E-state index in [1.165, 1.54) is 23.4 Å². The van der Waals surface area contributed by atoms with Crippen molar-refractivity contribution in [2.75, 3.05) is 39.3 Å². The highest BCUT2D eigenvalue weighted by atomic mass is 32.2. The largest absolute Gasteiger partial charge is 0.446 e. The number of nitrogens with two attached hydrogens (primary N) is 1. The number of carbonyl (C=O) groups is 1. The number of nitrogens with zero attached hydrogens (tertiary/aromatic N) is 4. The molecule has 0 bridgehead atoms. The average molecular weight is 511 g/mol. The van der Waals surface area contributed by atoms with Gasteiger partial charge in [0, 0.05) is 62.0 Å². The zero-order chi connectivity index (χ0) is 25.2. The minimum Gasteiger partial charge on any atom is -0.367 e. The van der Waals surface area contributed by atoms with Crippen LogP contribution in [-0.4, -0.2) is 77.5 Å². The van der Waals surface area contributed by atoms with Crippen LogP contribution in [0.3, 0.4) is 0 Å². The normalized spacial score (nSPS) is 22.6. The number of carbonyl (C=O) groups excluding carboxylic acids is 1. The summed E-state index contributed by atoms with van der Waals surface area (Å²) < 4.78 is 37.8. The Bertz CT molecular complexity index is 972. The number of rotatable bonds is 5. The van der Waals surface area contributed by atoms with Crippen molar-refractivity contribution in [2.24, 2.45) is 16.6 Å². The van der Waals surface area contributed by atoms with Crippen LogP contribution in [-0.2, 0) is 6.54 Å². The molecule has 4 rings (SSSR count). The van der Waals surface area contributed by atoms with Crippen LogP contribution in [0.1, 0.15) is 32.3 Å². The molecule has 0 radical (unpaired) electrons. The lowest BCUT2D eigenvalue weighted by molar-refractivity contribution is -0.0328. The van der Waals surface area contributed by atoms with E-state index in [1.807, 2.05) is 4.90 Å². The van der Waals surface area contributed by atoms with Gasteiger partial charge in [-0.1, -0.05) is 19.1 Å². The topological polar surface area (TPSA) is 77.2 Å². The Morgan fingerprint density at radius 3 is 2.51 bits per heavy atom. The number of halogens is 3. The zero-order valence-electron chi connectivity index (χ0n) is 20.1. The Morgan fingerprint density at radius 1 is 1.20 bits per heavy atom. The zero-order valence-corrected chi connectivity index (χ0v) is 21.0. The number of benzene rings is 1. The van der Waals surface area contributed by atoms with E-state index in [0.717, 1.165) is 24.2 Å². The minimum atomic E-state index is -4.32. The first kappa shape index (κ1) is 25.7. The van der Waals surface area contributed by atoms with E-state index >= 15 is 0 Å². The molecule has 192 valence electrons. The van der Waals surface area contributed by atoms with Crippen molar-refractivity contribution in [2.45, 2.75) is 49.8 Å². The molecule has 1 aliphatic carbocycles. The van der Waals surface area contributed by atoms with Crippen molar-refractivity contribution in [3.63, 3.8) is 0 Å². The molecule has 11 heteroatoms. The highest BCUT2D eigenvalue weighted by Gasteiger charge is 2.35. The molecule has 0 aromatic heterocycles. The molecule has 1 aromatic carbocycles. The number of nitrogens with one attached hydrogen (secondary N) is 1. The van der Waals surface area contributed by atoms with E-state index in [2.05, 4.69) is 24.1 Å². The summed E-state index contributed by atoms with van der Waals surface area (Å²) in [6.07, 6.45) is 2.24. The standard InChI is InChI=1S/C24H33F3N6OS/c1-16-3-8-20-21(16)22(30-17(2)29-20)31-11-13-32(14-12-31)23(34)33(10-9-28)15-18-4-6-19(7-5-18)35-24(25,26)27/h4-7,16-17,29H,3,8-15,28H2,1-2H3/t16-,17?/m1/s1. The van der Waals surface area contributed by atoms with Gasteiger partial charge in [0.15, 0.2) is 0 Å². The summed E-state index contributed by atoms with van der Waals surface area (Å²) in [5.41, 5.74) is 4.84. The van der Waals surface area contributed by atoms with Gasteiger partial charge in [-0.05, 0) is 55.1 Å². The lowest BCUT2D eigenvalue weighted by Crippen LogP contribution is -2.55. The maximum atomic E-state index is 13.3. The Labute approximate surface area is 208 Å². The average Bonchev–Trinajstić information content (AvgIpc) is 3.18. The molecule has 3 aliphatic rings. The summed E-state index contributed by atoms with van der Waals surface area (Å²) in [5.74, 6) is 1.54. The van der Waals surface area contributed by atoms with Gasteiger partial charge < -0.3 is 25.8 Å². The molecular formula is C24H33F3N6OS. The molecule has 1 saturated heterocycles. The second-order valence-corrected chi connectivity index (χ2v) is 10.4. The fraction of sp³-hybridized carbons (Fsp3) is 0.583. The Balaban J connectivity index is 1.37. The van der Waals surface area contributed by atoms with Gasteiger partial charge in [-0.15, -0.1) is 0 Å². The molecule has 2 amide bonds. The highest BCUT2D eigenvalue weighted by molar-refractivity contribution is 8.00. The van der Waals surface area contributed by atoms with Gasteiger partial charge in [-0.3, -0.25) is 0 Å². The lowest BCUT2D eigenvalue weighted by Gasteiger charge is -2.40. The number of piperazine rings is 1. The summed E-state index contributed by atoms with van der Waals surface area (Å²) in [6, 6.07) is 6.04. The molecule has 1 unspecified atom stereocenters. The van der Waals surface area contributed by atoms with Crippen molar-refractivity contribution in [1.29, 1.82) is 0 Å². The molecule has 3 N–H and O–H groups in total. The summed E-state index contributed by atoms with van der Waals surface area (Å²) >= 11 is -0.145. The van der Waals surface area contributed by atoms with Gasteiger partial charge in [-0.2, -0.15) is 13.2 Å². The number of urea groups is 1. The van der Waals surface area contributed by atoms with Crippen molar-refractivity contribution in [3.05, 3.63) is 41.1 Å². The second-order valence-electron chi connectivity index (χ2n) is 9.26. The summed E-state index contributed by atoms with van der Waals surface area (Å²) in [5, 5.41) is 3.50. The van der Waals surface area contributed by atoms with Crippen molar-refractivity contribution in [3.8, 4) is 0 Å². The van der Waals surface area contributed by atoms with Crippen molar-refractivity contribution in [1.82, 2.24) is 20.0 Å². The number of amidine groups is 1. The highest BCUT2D eigenvalue weighted by Crippen LogP contribution is 2.37. The van der Waals surface area contributed by atoms with Crippen LogP contribution in [0.15, 0.2) is 45.4 Å². The summed E-state index contributed by atoms with van der Waals surface area (Å²) in [7, 11) is 0. The predicted octanol–water partition coefficient (Wildman–Crippen LogP) is 3.83. The van der Waals surface area contributed by atoms with Crippen LogP contribution in [0.2, 0.25) is 0 Å². The van der Waals surface area contributed by atoms with E-state index in [9.17, 15) is 18.0 Å². The minimum absolute atomic E-state index is 0.0506.